The summed E-state index contributed by atoms with van der Waals surface area (Å²) in [4.78, 5) is 14.3. The number of hydrogen-bond acceptors (Lipinski definition) is 5. The van der Waals surface area contributed by atoms with E-state index in [-0.39, 0.29) is 12.5 Å². The van der Waals surface area contributed by atoms with Gasteiger partial charge in [0.1, 0.15) is 5.54 Å². The van der Waals surface area contributed by atoms with Crippen molar-refractivity contribution in [2.45, 2.75) is 51.1 Å². The van der Waals surface area contributed by atoms with Gasteiger partial charge in [0.25, 0.3) is 0 Å². The van der Waals surface area contributed by atoms with E-state index in [0.717, 1.165) is 37.7 Å². The highest BCUT2D eigenvalue weighted by atomic mass is 16.5. The van der Waals surface area contributed by atoms with E-state index in [9.17, 15) is 10.1 Å². The first-order valence-corrected chi connectivity index (χ1v) is 9.22. The third-order valence-corrected chi connectivity index (χ3v) is 4.69. The van der Waals surface area contributed by atoms with Crippen LogP contribution in [-0.2, 0) is 11.3 Å². The summed E-state index contributed by atoms with van der Waals surface area (Å²) in [6.07, 6.45) is 4.62. The highest BCUT2D eigenvalue weighted by molar-refractivity contribution is 5.79. The normalized spacial score (nSPS) is 16.0. The van der Waals surface area contributed by atoms with E-state index < -0.39 is 5.54 Å². The Kier molecular flexibility index (Phi) is 7.28. The van der Waals surface area contributed by atoms with Gasteiger partial charge in [-0.25, -0.2) is 0 Å². The molecule has 1 fully saturated rings. The molecule has 1 aromatic rings. The molecule has 0 spiro atoms. The lowest BCUT2D eigenvalue weighted by molar-refractivity contribution is -0.123. The highest BCUT2D eigenvalue weighted by Crippen LogP contribution is 2.29. The SMILES string of the molecule is CCOc1ccc(CN(C)CC(=O)NC2(C#N)CCCCC2)cc1OC. The van der Waals surface area contributed by atoms with Crippen molar-refractivity contribution in [3.05, 3.63) is 23.8 Å². The summed E-state index contributed by atoms with van der Waals surface area (Å²) in [5.41, 5.74) is 0.353. The summed E-state index contributed by atoms with van der Waals surface area (Å²) in [6, 6.07) is 8.11. The Hall–Kier alpha value is -2.26. The number of carbonyl (C=O) groups excluding carboxylic acids is 1. The van der Waals surface area contributed by atoms with Crippen LogP contribution < -0.4 is 14.8 Å². The van der Waals surface area contributed by atoms with E-state index in [1.165, 1.54) is 0 Å². The Morgan fingerprint density at radius 3 is 2.65 bits per heavy atom. The van der Waals surface area contributed by atoms with Crippen molar-refractivity contribution >= 4 is 5.91 Å². The van der Waals surface area contributed by atoms with Crippen molar-refractivity contribution in [1.82, 2.24) is 10.2 Å². The van der Waals surface area contributed by atoms with Crippen LogP contribution in [0.5, 0.6) is 11.5 Å². The Morgan fingerprint density at radius 2 is 2.04 bits per heavy atom. The molecule has 1 aliphatic rings. The predicted molar refractivity (Wildman–Crippen MR) is 100 cm³/mol. The lowest BCUT2D eigenvalue weighted by atomic mass is 9.83. The van der Waals surface area contributed by atoms with Crippen LogP contribution in [0, 0.1) is 11.3 Å². The zero-order chi connectivity index (χ0) is 19.0. The molecule has 26 heavy (non-hydrogen) atoms. The topological polar surface area (TPSA) is 74.6 Å². The fraction of sp³-hybridized carbons (Fsp3) is 0.600. The van der Waals surface area contributed by atoms with E-state index in [1.54, 1.807) is 7.11 Å². The van der Waals surface area contributed by atoms with Gasteiger partial charge in [-0.2, -0.15) is 5.26 Å². The molecule has 0 atom stereocenters. The first kappa shape index (κ1) is 20.1. The third kappa shape index (κ3) is 5.37. The van der Waals surface area contributed by atoms with Gasteiger partial charge in [0, 0.05) is 6.54 Å². The van der Waals surface area contributed by atoms with E-state index in [1.807, 2.05) is 37.1 Å². The Bertz CT molecular complexity index is 648. The number of carbonyl (C=O) groups is 1. The molecule has 1 amide bonds. The number of nitrogens with zero attached hydrogens (tertiary/aromatic N) is 2. The molecule has 0 radical (unpaired) electrons. The van der Waals surface area contributed by atoms with Crippen molar-refractivity contribution in [3.8, 4) is 17.6 Å². The van der Waals surface area contributed by atoms with Gasteiger partial charge in [0.05, 0.1) is 26.3 Å². The number of nitriles is 1. The van der Waals surface area contributed by atoms with Crippen molar-refractivity contribution in [1.29, 1.82) is 5.26 Å². The van der Waals surface area contributed by atoms with Crippen LogP contribution in [0.15, 0.2) is 18.2 Å². The molecule has 0 unspecified atom stereocenters. The molecule has 1 N–H and O–H groups in total. The summed E-state index contributed by atoms with van der Waals surface area (Å²) >= 11 is 0. The molecule has 0 aliphatic heterocycles. The lowest BCUT2D eigenvalue weighted by Crippen LogP contribution is -2.51. The minimum Gasteiger partial charge on any atom is -0.493 e. The van der Waals surface area contributed by atoms with Crippen LogP contribution in [0.25, 0.3) is 0 Å². The number of rotatable bonds is 8. The molecule has 0 heterocycles. The predicted octanol–water partition coefficient (Wildman–Crippen LogP) is 2.87. The number of hydrogen-bond donors (Lipinski definition) is 1. The quantitative estimate of drug-likeness (QED) is 0.772. The number of benzene rings is 1. The van der Waals surface area contributed by atoms with Crippen LogP contribution in [0.1, 0.15) is 44.6 Å². The molecule has 0 saturated heterocycles. The van der Waals surface area contributed by atoms with Crippen molar-refractivity contribution in [3.63, 3.8) is 0 Å². The minimum atomic E-state index is -0.682. The summed E-state index contributed by atoms with van der Waals surface area (Å²) in [6.45, 7) is 3.37. The molecule has 142 valence electrons. The lowest BCUT2D eigenvalue weighted by Gasteiger charge is -2.32. The summed E-state index contributed by atoms with van der Waals surface area (Å²) in [5.74, 6) is 1.30. The molecular weight excluding hydrogens is 330 g/mol. The van der Waals surface area contributed by atoms with Gasteiger partial charge in [0.2, 0.25) is 5.91 Å². The van der Waals surface area contributed by atoms with E-state index in [0.29, 0.717) is 24.7 Å². The van der Waals surface area contributed by atoms with Crippen LogP contribution >= 0.6 is 0 Å². The number of nitrogens with one attached hydrogen (secondary N) is 1. The van der Waals surface area contributed by atoms with Gasteiger partial charge >= 0.3 is 0 Å². The zero-order valence-corrected chi connectivity index (χ0v) is 16.0. The number of amides is 1. The smallest absolute Gasteiger partial charge is 0.235 e. The first-order chi connectivity index (χ1) is 12.5. The zero-order valence-electron chi connectivity index (χ0n) is 16.0. The fourth-order valence-electron chi connectivity index (χ4n) is 3.42. The third-order valence-electron chi connectivity index (χ3n) is 4.69. The second-order valence-electron chi connectivity index (χ2n) is 6.89. The maximum Gasteiger partial charge on any atom is 0.235 e. The molecule has 6 nitrogen and oxygen atoms in total. The average molecular weight is 359 g/mol. The van der Waals surface area contributed by atoms with Crippen LogP contribution in [0.2, 0.25) is 0 Å². The molecule has 1 saturated carbocycles. The summed E-state index contributed by atoms with van der Waals surface area (Å²) < 4.78 is 10.9. The molecule has 6 heteroatoms. The fourth-order valence-corrected chi connectivity index (χ4v) is 3.42. The molecule has 1 aromatic carbocycles. The van der Waals surface area contributed by atoms with Gasteiger partial charge in [-0.1, -0.05) is 25.3 Å². The average Bonchev–Trinajstić information content (AvgIpc) is 2.63. The Labute approximate surface area is 156 Å². The van der Waals surface area contributed by atoms with E-state index in [2.05, 4.69) is 11.4 Å². The monoisotopic (exact) mass is 359 g/mol. The summed E-state index contributed by atoms with van der Waals surface area (Å²) in [7, 11) is 3.51. The molecular formula is C20H29N3O3. The Balaban J connectivity index is 1.92. The minimum absolute atomic E-state index is 0.103. The second-order valence-corrected chi connectivity index (χ2v) is 6.89. The maximum atomic E-state index is 12.4. The van der Waals surface area contributed by atoms with Crippen molar-refractivity contribution in [2.24, 2.45) is 0 Å². The van der Waals surface area contributed by atoms with Crippen molar-refractivity contribution < 1.29 is 14.3 Å². The van der Waals surface area contributed by atoms with Gasteiger partial charge in [-0.15, -0.1) is 0 Å². The number of ether oxygens (including phenoxy) is 2. The molecule has 0 bridgehead atoms. The largest absolute Gasteiger partial charge is 0.493 e. The van der Waals surface area contributed by atoms with Crippen LogP contribution in [-0.4, -0.2) is 43.7 Å². The van der Waals surface area contributed by atoms with Crippen LogP contribution in [0.3, 0.4) is 0 Å². The van der Waals surface area contributed by atoms with Gasteiger partial charge < -0.3 is 14.8 Å². The molecule has 2 rings (SSSR count). The number of likely N-dealkylation sites (N-methyl/N-ethyl adjacent to an activating group) is 1. The van der Waals surface area contributed by atoms with Gasteiger partial charge in [-0.05, 0) is 44.5 Å². The van der Waals surface area contributed by atoms with Crippen molar-refractivity contribution in [2.75, 3.05) is 27.3 Å². The highest BCUT2D eigenvalue weighted by Gasteiger charge is 2.33. The van der Waals surface area contributed by atoms with E-state index in [4.69, 9.17) is 9.47 Å². The Morgan fingerprint density at radius 1 is 1.31 bits per heavy atom. The van der Waals surface area contributed by atoms with Gasteiger partial charge in [-0.3, -0.25) is 9.69 Å². The standard InChI is InChI=1S/C20H29N3O3/c1-4-26-17-9-8-16(12-18(17)25-3)13-23(2)14-19(24)22-20(15-21)10-6-5-7-11-20/h8-9,12H,4-7,10-11,13-14H2,1-3H3,(H,22,24). The second kappa shape index (κ2) is 9.44. The maximum absolute atomic E-state index is 12.4. The van der Waals surface area contributed by atoms with E-state index >= 15 is 0 Å². The molecule has 0 aromatic heterocycles. The first-order valence-electron chi connectivity index (χ1n) is 9.22. The van der Waals surface area contributed by atoms with Crippen LogP contribution in [0.4, 0.5) is 0 Å². The molecule has 1 aliphatic carbocycles. The number of methoxy groups -OCH3 is 1. The van der Waals surface area contributed by atoms with Gasteiger partial charge in [0.15, 0.2) is 11.5 Å². The summed E-state index contributed by atoms with van der Waals surface area (Å²) in [5, 5.41) is 12.4.